The summed E-state index contributed by atoms with van der Waals surface area (Å²) in [6.07, 6.45) is 1.44. The van der Waals surface area contributed by atoms with Gasteiger partial charge in [0.1, 0.15) is 6.61 Å². The van der Waals surface area contributed by atoms with Gasteiger partial charge in [-0.3, -0.25) is 0 Å². The second-order valence-corrected chi connectivity index (χ2v) is 5.98. The molecule has 0 aliphatic carbocycles. The Morgan fingerprint density at radius 2 is 2.19 bits per heavy atom. The molecule has 0 spiro atoms. The highest BCUT2D eigenvalue weighted by atomic mass is 32.2. The van der Waals surface area contributed by atoms with E-state index in [9.17, 15) is 8.42 Å². The lowest BCUT2D eigenvalue weighted by atomic mass is 10.1. The maximum atomic E-state index is 12.3. The third-order valence-corrected chi connectivity index (χ3v) is 4.26. The number of aromatic nitrogens is 1. The minimum Gasteiger partial charge on any atom is -0.384 e. The summed E-state index contributed by atoms with van der Waals surface area (Å²) in [5.74, 6) is 5.59. The van der Waals surface area contributed by atoms with Crippen molar-refractivity contribution in [1.82, 2.24) is 9.88 Å². The van der Waals surface area contributed by atoms with Crippen molar-refractivity contribution in [3.63, 3.8) is 0 Å². The molecule has 0 amide bonds. The third kappa shape index (κ3) is 3.92. The van der Waals surface area contributed by atoms with Crippen LogP contribution in [0.2, 0.25) is 0 Å². The molecule has 0 aliphatic rings. The first-order chi connectivity index (χ1) is 10.0. The van der Waals surface area contributed by atoms with Crippen LogP contribution in [0.1, 0.15) is 16.9 Å². The highest BCUT2D eigenvalue weighted by molar-refractivity contribution is 7.89. The minimum atomic E-state index is -3.68. The first-order valence-corrected chi connectivity index (χ1v) is 7.61. The Morgan fingerprint density at radius 1 is 1.38 bits per heavy atom. The maximum absolute atomic E-state index is 12.3. The van der Waals surface area contributed by atoms with Gasteiger partial charge in [-0.1, -0.05) is 23.1 Å². The number of sulfonamides is 1. The van der Waals surface area contributed by atoms with Crippen LogP contribution in [0.4, 0.5) is 0 Å². The molecule has 1 aromatic heterocycles. The van der Waals surface area contributed by atoms with Gasteiger partial charge in [0.15, 0.2) is 5.76 Å². The van der Waals surface area contributed by atoms with Crippen molar-refractivity contribution in [3.05, 3.63) is 47.3 Å². The van der Waals surface area contributed by atoms with E-state index in [1.165, 1.54) is 12.3 Å². The van der Waals surface area contributed by atoms with Gasteiger partial charge in [-0.15, -0.1) is 0 Å². The van der Waals surface area contributed by atoms with E-state index in [1.54, 1.807) is 25.1 Å². The van der Waals surface area contributed by atoms with E-state index in [0.717, 1.165) is 0 Å². The molecule has 0 fully saturated rings. The van der Waals surface area contributed by atoms with Crippen molar-refractivity contribution in [2.24, 2.45) is 0 Å². The quantitative estimate of drug-likeness (QED) is 0.815. The van der Waals surface area contributed by atoms with Crippen LogP contribution in [0, 0.1) is 18.8 Å². The largest absolute Gasteiger partial charge is 0.384 e. The highest BCUT2D eigenvalue weighted by Gasteiger charge is 2.17. The molecular weight excluding hydrogens is 292 g/mol. The highest BCUT2D eigenvalue weighted by Crippen LogP contribution is 2.17. The Labute approximate surface area is 122 Å². The Balaban J connectivity index is 2.26. The molecule has 0 radical (unpaired) electrons. The molecule has 2 rings (SSSR count). The van der Waals surface area contributed by atoms with Gasteiger partial charge in [0.25, 0.3) is 0 Å². The molecule has 110 valence electrons. The van der Waals surface area contributed by atoms with Gasteiger partial charge in [-0.25, -0.2) is 13.1 Å². The lowest BCUT2D eigenvalue weighted by Gasteiger charge is -2.08. The molecule has 0 atom stereocenters. The molecule has 21 heavy (non-hydrogen) atoms. The lowest BCUT2D eigenvalue weighted by Crippen LogP contribution is -2.23. The average molecular weight is 306 g/mol. The van der Waals surface area contributed by atoms with Gasteiger partial charge in [0, 0.05) is 11.6 Å². The molecule has 2 N–H and O–H groups in total. The maximum Gasteiger partial charge on any atom is 0.241 e. The number of hydrogen-bond donors (Lipinski definition) is 2. The number of aliphatic hydroxyl groups excluding tert-OH is 1. The van der Waals surface area contributed by atoms with Gasteiger partial charge >= 0.3 is 0 Å². The van der Waals surface area contributed by atoms with Crippen LogP contribution in [0.5, 0.6) is 0 Å². The first-order valence-electron chi connectivity index (χ1n) is 6.12. The van der Waals surface area contributed by atoms with Crippen molar-refractivity contribution in [1.29, 1.82) is 0 Å². The van der Waals surface area contributed by atoms with E-state index in [4.69, 9.17) is 9.63 Å². The molecule has 0 saturated heterocycles. The van der Waals surface area contributed by atoms with Crippen molar-refractivity contribution in [2.45, 2.75) is 18.4 Å². The van der Waals surface area contributed by atoms with Gasteiger partial charge in [0.05, 0.1) is 17.6 Å². The second-order valence-electron chi connectivity index (χ2n) is 4.24. The van der Waals surface area contributed by atoms with E-state index < -0.39 is 10.0 Å². The third-order valence-electron chi connectivity index (χ3n) is 2.72. The average Bonchev–Trinajstić information content (AvgIpc) is 2.97. The molecule has 1 heterocycles. The van der Waals surface area contributed by atoms with Gasteiger partial charge in [-0.05, 0) is 24.6 Å². The van der Waals surface area contributed by atoms with E-state index in [1.807, 2.05) is 0 Å². The Hall–Kier alpha value is -2.14. The zero-order chi connectivity index (χ0) is 15.3. The SMILES string of the molecule is Cc1ccc(C#CCO)cc1S(=O)(=O)NCc1ccno1. The fraction of sp³-hybridized carbons (Fsp3) is 0.214. The van der Waals surface area contributed by atoms with Crippen LogP contribution >= 0.6 is 0 Å². The second kappa shape index (κ2) is 6.54. The first kappa shape index (κ1) is 15.3. The van der Waals surface area contributed by atoms with Crippen molar-refractivity contribution in [2.75, 3.05) is 6.61 Å². The molecule has 2 aromatic rings. The van der Waals surface area contributed by atoms with Crippen LogP contribution < -0.4 is 4.72 Å². The number of benzene rings is 1. The Morgan fingerprint density at radius 3 is 2.86 bits per heavy atom. The van der Waals surface area contributed by atoms with Crippen LogP contribution in [0.25, 0.3) is 0 Å². The predicted octanol–water partition coefficient (Wildman–Crippen LogP) is 0.805. The molecule has 6 nitrogen and oxygen atoms in total. The number of nitrogens with one attached hydrogen (secondary N) is 1. The lowest BCUT2D eigenvalue weighted by molar-refractivity contribution is 0.350. The van der Waals surface area contributed by atoms with Crippen molar-refractivity contribution in [3.8, 4) is 11.8 Å². The van der Waals surface area contributed by atoms with Crippen LogP contribution in [0.3, 0.4) is 0 Å². The summed E-state index contributed by atoms with van der Waals surface area (Å²) in [5, 5.41) is 12.2. The number of aliphatic hydroxyl groups is 1. The monoisotopic (exact) mass is 306 g/mol. The zero-order valence-electron chi connectivity index (χ0n) is 11.3. The summed E-state index contributed by atoms with van der Waals surface area (Å²) < 4.78 is 31.9. The van der Waals surface area contributed by atoms with E-state index in [0.29, 0.717) is 16.9 Å². The number of rotatable bonds is 4. The summed E-state index contributed by atoms with van der Waals surface area (Å²) in [4.78, 5) is 0.145. The van der Waals surface area contributed by atoms with Gasteiger partial charge < -0.3 is 9.63 Å². The summed E-state index contributed by atoms with van der Waals surface area (Å²) in [7, 11) is -3.68. The molecular formula is C14H14N2O4S. The summed E-state index contributed by atoms with van der Waals surface area (Å²) >= 11 is 0. The van der Waals surface area contributed by atoms with Gasteiger partial charge in [0.2, 0.25) is 10.0 Å². The minimum absolute atomic E-state index is 0.0221. The Kier molecular flexibility index (Phi) is 4.75. The number of aryl methyl sites for hydroxylation is 1. The van der Waals surface area contributed by atoms with Crippen molar-refractivity contribution >= 4 is 10.0 Å². The molecule has 0 aliphatic heterocycles. The molecule has 0 unspecified atom stereocenters. The van der Waals surface area contributed by atoms with Crippen LogP contribution in [-0.4, -0.2) is 25.3 Å². The number of nitrogens with zero attached hydrogens (tertiary/aromatic N) is 1. The fourth-order valence-electron chi connectivity index (χ4n) is 1.69. The number of hydrogen-bond acceptors (Lipinski definition) is 5. The van der Waals surface area contributed by atoms with E-state index in [-0.39, 0.29) is 18.0 Å². The van der Waals surface area contributed by atoms with E-state index >= 15 is 0 Å². The standard InChI is InChI=1S/C14H14N2O4S/c1-11-4-5-12(3-2-8-17)9-14(11)21(18,19)16-10-13-6-7-15-20-13/h4-7,9,16-17H,8,10H2,1H3. The molecule has 1 aromatic carbocycles. The van der Waals surface area contributed by atoms with Gasteiger partial charge in [-0.2, -0.15) is 0 Å². The molecule has 0 bridgehead atoms. The van der Waals surface area contributed by atoms with Crippen LogP contribution in [-0.2, 0) is 16.6 Å². The van der Waals surface area contributed by atoms with Crippen LogP contribution in [0.15, 0.2) is 39.9 Å². The zero-order valence-corrected chi connectivity index (χ0v) is 12.1. The summed E-state index contributed by atoms with van der Waals surface area (Å²) in [6, 6.07) is 6.43. The topological polar surface area (TPSA) is 92.4 Å². The molecule has 7 heteroatoms. The predicted molar refractivity (Wildman–Crippen MR) is 75.7 cm³/mol. The smallest absolute Gasteiger partial charge is 0.241 e. The summed E-state index contributed by atoms with van der Waals surface area (Å²) in [6.45, 7) is 1.44. The van der Waals surface area contributed by atoms with E-state index in [2.05, 4.69) is 21.7 Å². The Bertz CT molecular complexity index is 771. The molecule has 0 saturated carbocycles. The summed E-state index contributed by atoms with van der Waals surface area (Å²) in [5.41, 5.74) is 1.13. The normalized spacial score (nSPS) is 11.0. The van der Waals surface area contributed by atoms with Crippen molar-refractivity contribution < 1.29 is 18.0 Å². The fourth-order valence-corrected chi connectivity index (χ4v) is 2.95.